The van der Waals surface area contributed by atoms with Crippen LogP contribution in [0.1, 0.15) is 22.5 Å². The Labute approximate surface area is 156 Å². The number of hydrogen-bond donors (Lipinski definition) is 2. The molecule has 1 aliphatic heterocycles. The van der Waals surface area contributed by atoms with Crippen molar-refractivity contribution in [1.29, 1.82) is 0 Å². The molecular weight excluding hydrogens is 366 g/mol. The van der Waals surface area contributed by atoms with Gasteiger partial charge in [-0.25, -0.2) is 8.42 Å². The van der Waals surface area contributed by atoms with E-state index in [9.17, 15) is 13.2 Å². The molecule has 0 saturated carbocycles. The lowest BCUT2D eigenvalue weighted by Crippen LogP contribution is -2.23. The van der Waals surface area contributed by atoms with E-state index in [0.29, 0.717) is 25.3 Å². The van der Waals surface area contributed by atoms with Crippen LogP contribution in [0.4, 0.5) is 0 Å². The van der Waals surface area contributed by atoms with E-state index < -0.39 is 15.1 Å². The number of sulfone groups is 1. The molecule has 0 unspecified atom stereocenters. The minimum Gasteiger partial charge on any atom is -0.380 e. The van der Waals surface area contributed by atoms with Gasteiger partial charge in [0.15, 0.2) is 9.84 Å². The highest BCUT2D eigenvalue weighted by atomic mass is 32.2. The Balaban J connectivity index is 1.42. The standard InChI is InChI=1S/C19H19N3O4S/c23-19(18-9-14-11-20-7-5-17(14)22-18)21-10-13-1-3-15(4-2-13)27(24,25)16-6-8-26-12-16/h1-5,7,9,11,16,22H,6,8,10,12H2,(H,21,23)/t16-/m0/s1. The number of carbonyl (C=O) groups is 1. The number of carbonyl (C=O) groups excluding carboxylic acids is 1. The summed E-state index contributed by atoms with van der Waals surface area (Å²) in [5, 5.41) is 3.23. The van der Waals surface area contributed by atoms with Gasteiger partial charge in [-0.05, 0) is 36.2 Å². The van der Waals surface area contributed by atoms with Crippen LogP contribution in [0.25, 0.3) is 10.9 Å². The van der Waals surface area contributed by atoms with Gasteiger partial charge in [0.2, 0.25) is 0 Å². The van der Waals surface area contributed by atoms with Gasteiger partial charge in [-0.3, -0.25) is 9.78 Å². The van der Waals surface area contributed by atoms with E-state index in [2.05, 4.69) is 15.3 Å². The second-order valence-electron chi connectivity index (χ2n) is 6.50. The van der Waals surface area contributed by atoms with Gasteiger partial charge in [-0.15, -0.1) is 0 Å². The first-order valence-corrected chi connectivity index (χ1v) is 10.2. The fraction of sp³-hybridized carbons (Fsp3) is 0.263. The highest BCUT2D eigenvalue weighted by Gasteiger charge is 2.30. The van der Waals surface area contributed by atoms with Crippen LogP contribution in [0.5, 0.6) is 0 Å². The van der Waals surface area contributed by atoms with Crippen molar-refractivity contribution in [3.05, 3.63) is 60.0 Å². The molecule has 1 amide bonds. The highest BCUT2D eigenvalue weighted by molar-refractivity contribution is 7.92. The van der Waals surface area contributed by atoms with Crippen LogP contribution < -0.4 is 5.32 Å². The van der Waals surface area contributed by atoms with Crippen molar-refractivity contribution in [2.45, 2.75) is 23.1 Å². The number of aromatic amines is 1. The maximum absolute atomic E-state index is 12.5. The summed E-state index contributed by atoms with van der Waals surface area (Å²) in [5.41, 5.74) is 2.13. The minimum atomic E-state index is -3.37. The SMILES string of the molecule is O=C(NCc1ccc(S(=O)(=O)[C@H]2CCOC2)cc1)c1cc2cnccc2[nH]1. The summed E-state index contributed by atoms with van der Waals surface area (Å²) in [6, 6.07) is 10.2. The van der Waals surface area contributed by atoms with Crippen LogP contribution in [-0.2, 0) is 21.1 Å². The van der Waals surface area contributed by atoms with Crippen molar-refractivity contribution in [3.63, 3.8) is 0 Å². The molecular formula is C19H19N3O4S. The summed E-state index contributed by atoms with van der Waals surface area (Å²) < 4.78 is 30.2. The summed E-state index contributed by atoms with van der Waals surface area (Å²) in [7, 11) is -3.37. The molecule has 0 aliphatic carbocycles. The van der Waals surface area contributed by atoms with Gasteiger partial charge in [0.05, 0.1) is 16.8 Å². The van der Waals surface area contributed by atoms with Crippen molar-refractivity contribution in [2.24, 2.45) is 0 Å². The van der Waals surface area contributed by atoms with Gasteiger partial charge < -0.3 is 15.0 Å². The van der Waals surface area contributed by atoms with Crippen LogP contribution in [-0.4, -0.2) is 42.8 Å². The van der Waals surface area contributed by atoms with Crippen molar-refractivity contribution in [3.8, 4) is 0 Å². The Morgan fingerprint density at radius 2 is 2.07 bits per heavy atom. The summed E-state index contributed by atoms with van der Waals surface area (Å²) in [6.45, 7) is 1.04. The molecule has 1 saturated heterocycles. The largest absolute Gasteiger partial charge is 0.380 e. The van der Waals surface area contributed by atoms with E-state index in [1.54, 1.807) is 48.8 Å². The van der Waals surface area contributed by atoms with Crippen LogP contribution >= 0.6 is 0 Å². The monoisotopic (exact) mass is 385 g/mol. The summed E-state index contributed by atoms with van der Waals surface area (Å²) >= 11 is 0. The molecule has 1 fully saturated rings. The van der Waals surface area contributed by atoms with Gasteiger partial charge in [0.25, 0.3) is 5.91 Å². The Bertz CT molecular complexity index is 1030. The van der Waals surface area contributed by atoms with Crippen LogP contribution in [0.15, 0.2) is 53.7 Å². The number of nitrogens with one attached hydrogen (secondary N) is 2. The van der Waals surface area contributed by atoms with E-state index in [-0.39, 0.29) is 17.4 Å². The summed E-state index contributed by atoms with van der Waals surface area (Å²) in [6.07, 6.45) is 3.88. The van der Waals surface area contributed by atoms with Crippen molar-refractivity contribution >= 4 is 26.6 Å². The normalized spacial score (nSPS) is 17.3. The maximum atomic E-state index is 12.5. The predicted molar refractivity (Wildman–Crippen MR) is 100 cm³/mol. The number of hydrogen-bond acceptors (Lipinski definition) is 5. The first kappa shape index (κ1) is 17.7. The summed E-state index contributed by atoms with van der Waals surface area (Å²) in [4.78, 5) is 19.7. The molecule has 8 heteroatoms. The number of fused-ring (bicyclic) bond motifs is 1. The zero-order chi connectivity index (χ0) is 18.9. The lowest BCUT2D eigenvalue weighted by atomic mass is 10.2. The molecule has 27 heavy (non-hydrogen) atoms. The molecule has 1 aromatic carbocycles. The van der Waals surface area contributed by atoms with E-state index >= 15 is 0 Å². The van der Waals surface area contributed by atoms with Crippen molar-refractivity contribution in [1.82, 2.24) is 15.3 Å². The lowest BCUT2D eigenvalue weighted by Gasteiger charge is -2.10. The van der Waals surface area contributed by atoms with E-state index in [0.717, 1.165) is 16.5 Å². The molecule has 140 valence electrons. The van der Waals surface area contributed by atoms with Gasteiger partial charge in [0.1, 0.15) is 5.69 Å². The van der Waals surface area contributed by atoms with E-state index in [1.807, 2.05) is 0 Å². The van der Waals surface area contributed by atoms with Crippen molar-refractivity contribution < 1.29 is 17.9 Å². The number of H-pyrrole nitrogens is 1. The molecule has 0 radical (unpaired) electrons. The van der Waals surface area contributed by atoms with Gasteiger partial charge in [-0.2, -0.15) is 0 Å². The van der Waals surface area contributed by atoms with Crippen molar-refractivity contribution in [2.75, 3.05) is 13.2 Å². The second-order valence-corrected chi connectivity index (χ2v) is 8.73. The molecule has 7 nitrogen and oxygen atoms in total. The van der Waals surface area contributed by atoms with Gasteiger partial charge in [-0.1, -0.05) is 12.1 Å². The third kappa shape index (κ3) is 3.58. The lowest BCUT2D eigenvalue weighted by molar-refractivity contribution is 0.0946. The van der Waals surface area contributed by atoms with E-state index in [4.69, 9.17) is 4.74 Å². The molecule has 4 rings (SSSR count). The number of benzene rings is 1. The molecule has 2 N–H and O–H groups in total. The average molecular weight is 385 g/mol. The predicted octanol–water partition coefficient (Wildman–Crippen LogP) is 2.06. The van der Waals surface area contributed by atoms with E-state index in [1.165, 1.54) is 0 Å². The number of pyridine rings is 1. The maximum Gasteiger partial charge on any atom is 0.267 e. The Hall–Kier alpha value is -2.71. The molecule has 1 atom stereocenters. The van der Waals surface area contributed by atoms with Crippen LogP contribution in [0, 0.1) is 0 Å². The molecule has 2 aromatic heterocycles. The molecule has 0 bridgehead atoms. The topological polar surface area (TPSA) is 101 Å². The minimum absolute atomic E-state index is 0.231. The zero-order valence-electron chi connectivity index (χ0n) is 14.5. The number of ether oxygens (including phenoxy) is 1. The highest BCUT2D eigenvalue weighted by Crippen LogP contribution is 2.22. The number of aromatic nitrogens is 2. The Kier molecular flexibility index (Phi) is 4.67. The number of amides is 1. The fourth-order valence-electron chi connectivity index (χ4n) is 3.12. The van der Waals surface area contributed by atoms with Gasteiger partial charge in [0, 0.05) is 36.4 Å². The molecule has 3 aromatic rings. The second kappa shape index (κ2) is 7.13. The van der Waals surface area contributed by atoms with Gasteiger partial charge >= 0.3 is 0 Å². The van der Waals surface area contributed by atoms with Crippen LogP contribution in [0.3, 0.4) is 0 Å². The summed E-state index contributed by atoms with van der Waals surface area (Å²) in [5.74, 6) is -0.231. The Morgan fingerprint density at radius 1 is 1.26 bits per heavy atom. The third-order valence-corrected chi connectivity index (χ3v) is 6.88. The average Bonchev–Trinajstić information content (AvgIpc) is 3.36. The number of rotatable bonds is 5. The first-order valence-electron chi connectivity index (χ1n) is 8.65. The fourth-order valence-corrected chi connectivity index (χ4v) is 4.70. The quantitative estimate of drug-likeness (QED) is 0.700. The third-order valence-electron chi connectivity index (χ3n) is 4.70. The molecule has 1 aliphatic rings. The number of nitrogens with zero attached hydrogens (tertiary/aromatic N) is 1. The Morgan fingerprint density at radius 3 is 2.78 bits per heavy atom. The zero-order valence-corrected chi connectivity index (χ0v) is 15.3. The first-order chi connectivity index (χ1) is 13.0. The molecule has 3 heterocycles. The smallest absolute Gasteiger partial charge is 0.267 e. The van der Waals surface area contributed by atoms with Crippen LogP contribution in [0.2, 0.25) is 0 Å². The molecule has 0 spiro atoms.